The fourth-order valence-electron chi connectivity index (χ4n) is 6.70. The van der Waals surface area contributed by atoms with Gasteiger partial charge in [-0.25, -0.2) is 4.79 Å². The summed E-state index contributed by atoms with van der Waals surface area (Å²) in [5, 5.41) is 5.17. The molecule has 1 aromatic heterocycles. The molecule has 3 aliphatic carbocycles. The minimum Gasteiger partial charge on any atom is -0.496 e. The molecule has 0 radical (unpaired) electrons. The molecule has 38 heavy (non-hydrogen) atoms. The number of benzene rings is 1. The quantitative estimate of drug-likeness (QED) is 0.362. The van der Waals surface area contributed by atoms with Gasteiger partial charge in [-0.3, -0.25) is 4.79 Å². The number of hydrogen-bond acceptors (Lipinski definition) is 7. The Balaban J connectivity index is 1.41. The number of amides is 1. The van der Waals surface area contributed by atoms with Crippen LogP contribution in [0, 0.1) is 17.3 Å². The molecule has 9 heteroatoms. The van der Waals surface area contributed by atoms with E-state index < -0.39 is 24.6 Å². The van der Waals surface area contributed by atoms with Gasteiger partial charge < -0.3 is 24.1 Å². The van der Waals surface area contributed by atoms with E-state index in [1.165, 1.54) is 0 Å². The van der Waals surface area contributed by atoms with Crippen molar-refractivity contribution < 1.29 is 28.4 Å². The molecule has 5 atom stereocenters. The van der Waals surface area contributed by atoms with Crippen LogP contribution in [-0.4, -0.2) is 49.9 Å². The van der Waals surface area contributed by atoms with Crippen molar-refractivity contribution in [2.24, 2.45) is 17.3 Å². The molecule has 1 aliphatic heterocycles. The first-order valence-corrected chi connectivity index (χ1v) is 14.4. The molecule has 2 aromatic rings. The molecule has 1 N–H and O–H groups in total. The summed E-state index contributed by atoms with van der Waals surface area (Å²) >= 11 is 1.56. The number of rotatable bonds is 9. The molecule has 4 aliphatic rings. The van der Waals surface area contributed by atoms with E-state index >= 15 is 0 Å². The SMILES string of the molecule is COc1ccc(C(=O)OC(C)C)cc1CC(NC(=O)Cc1cccs1)B1OC2CC3CC(C3(C)C)C2(C)O1. The average molecular weight is 540 g/mol. The standard InChI is InChI=1S/C29H38BNO6S/c1-17(2)35-27(33)18-9-10-22(34-6)19(12-18)13-25(31-26(32)16-21-8-7-11-38-21)30-36-24-15-20-14-23(28(20,3)4)29(24,5)37-30/h7-12,17,20,23-25H,13-16H2,1-6H3,(H,31,32). The molecule has 0 spiro atoms. The second-order valence-electron chi connectivity index (χ2n) is 12.0. The van der Waals surface area contributed by atoms with Gasteiger partial charge in [0.15, 0.2) is 0 Å². The smallest absolute Gasteiger partial charge is 0.482 e. The summed E-state index contributed by atoms with van der Waals surface area (Å²) in [6, 6.07) is 9.15. The maximum Gasteiger partial charge on any atom is 0.482 e. The number of esters is 1. The third-order valence-corrected chi connectivity index (χ3v) is 9.73. The van der Waals surface area contributed by atoms with Crippen LogP contribution in [0.4, 0.5) is 0 Å². The molecular weight excluding hydrogens is 501 g/mol. The Morgan fingerprint density at radius 2 is 2.00 bits per heavy atom. The molecule has 5 unspecified atom stereocenters. The van der Waals surface area contributed by atoms with Crippen LogP contribution in [0.5, 0.6) is 5.75 Å². The summed E-state index contributed by atoms with van der Waals surface area (Å²) in [6.07, 6.45) is 2.56. The normalized spacial score (nSPS) is 27.9. The van der Waals surface area contributed by atoms with E-state index in [1.807, 2.05) is 31.4 Å². The predicted octanol–water partition coefficient (Wildman–Crippen LogP) is 4.86. The van der Waals surface area contributed by atoms with Crippen LogP contribution < -0.4 is 10.1 Å². The Bertz CT molecular complexity index is 1180. The summed E-state index contributed by atoms with van der Waals surface area (Å²) in [5.74, 6) is 0.724. The van der Waals surface area contributed by atoms with Gasteiger partial charge in [-0.2, -0.15) is 0 Å². The first kappa shape index (κ1) is 27.2. The third kappa shape index (κ3) is 5.00. The zero-order valence-electron chi connectivity index (χ0n) is 23.1. The zero-order chi connectivity index (χ0) is 27.2. The van der Waals surface area contributed by atoms with E-state index in [0.717, 1.165) is 23.3 Å². The minimum absolute atomic E-state index is 0.00442. The average Bonchev–Trinajstić information content (AvgIpc) is 3.49. The summed E-state index contributed by atoms with van der Waals surface area (Å²) in [5.41, 5.74) is 1.04. The van der Waals surface area contributed by atoms with E-state index in [-0.39, 0.29) is 30.0 Å². The zero-order valence-corrected chi connectivity index (χ0v) is 23.9. The molecule has 2 bridgehead atoms. The monoisotopic (exact) mass is 539 g/mol. The van der Waals surface area contributed by atoms with Gasteiger partial charge in [-0.1, -0.05) is 19.9 Å². The van der Waals surface area contributed by atoms with Crippen molar-refractivity contribution >= 4 is 30.3 Å². The van der Waals surface area contributed by atoms with Gasteiger partial charge in [0.25, 0.3) is 0 Å². The van der Waals surface area contributed by atoms with Gasteiger partial charge in [-0.15, -0.1) is 11.3 Å². The number of methoxy groups -OCH3 is 1. The fraction of sp³-hybridized carbons (Fsp3) is 0.586. The van der Waals surface area contributed by atoms with Gasteiger partial charge in [0.05, 0.1) is 42.8 Å². The highest BCUT2D eigenvalue weighted by Crippen LogP contribution is 2.65. The summed E-state index contributed by atoms with van der Waals surface area (Å²) in [4.78, 5) is 26.8. The van der Waals surface area contributed by atoms with Crippen molar-refractivity contribution in [1.29, 1.82) is 0 Å². The molecule has 1 amide bonds. The van der Waals surface area contributed by atoms with Crippen molar-refractivity contribution in [2.75, 3.05) is 7.11 Å². The molecular formula is C29H38BNO6S. The lowest BCUT2D eigenvalue weighted by atomic mass is 9.43. The second-order valence-corrected chi connectivity index (χ2v) is 13.0. The highest BCUT2D eigenvalue weighted by molar-refractivity contribution is 7.10. The third-order valence-electron chi connectivity index (χ3n) is 8.86. The Labute approximate surface area is 229 Å². The van der Waals surface area contributed by atoms with Crippen molar-refractivity contribution in [3.63, 3.8) is 0 Å². The lowest BCUT2D eigenvalue weighted by molar-refractivity contribution is -0.199. The maximum atomic E-state index is 13.2. The molecule has 1 saturated heterocycles. The maximum absolute atomic E-state index is 13.2. The highest BCUT2D eigenvalue weighted by atomic mass is 32.1. The van der Waals surface area contributed by atoms with Crippen LogP contribution in [0.3, 0.4) is 0 Å². The molecule has 204 valence electrons. The first-order chi connectivity index (χ1) is 18.0. The van der Waals surface area contributed by atoms with Crippen LogP contribution in [0.2, 0.25) is 0 Å². The van der Waals surface area contributed by atoms with Crippen LogP contribution in [-0.2, 0) is 31.7 Å². The Morgan fingerprint density at radius 1 is 1.21 bits per heavy atom. The lowest BCUT2D eigenvalue weighted by Gasteiger charge is -2.64. The van der Waals surface area contributed by atoms with Gasteiger partial charge in [0.2, 0.25) is 5.91 Å². The summed E-state index contributed by atoms with van der Waals surface area (Å²) in [7, 11) is 0.992. The summed E-state index contributed by atoms with van der Waals surface area (Å²) in [6.45, 7) is 10.5. The Hall–Kier alpha value is -2.36. The fourth-order valence-corrected chi connectivity index (χ4v) is 7.40. The highest BCUT2D eigenvalue weighted by Gasteiger charge is 2.68. The van der Waals surface area contributed by atoms with Crippen LogP contribution in [0.1, 0.15) is 68.3 Å². The second kappa shape index (κ2) is 10.3. The number of carbonyl (C=O) groups excluding carboxylic acids is 2. The molecule has 6 rings (SSSR count). The number of hydrogen-bond donors (Lipinski definition) is 1. The van der Waals surface area contributed by atoms with Crippen LogP contribution in [0.15, 0.2) is 35.7 Å². The van der Waals surface area contributed by atoms with E-state index in [0.29, 0.717) is 29.6 Å². The van der Waals surface area contributed by atoms with Crippen LogP contribution in [0.25, 0.3) is 0 Å². The molecule has 7 nitrogen and oxygen atoms in total. The van der Waals surface area contributed by atoms with Gasteiger partial charge >= 0.3 is 13.1 Å². The van der Waals surface area contributed by atoms with Crippen molar-refractivity contribution in [1.82, 2.24) is 5.32 Å². The Kier molecular flexibility index (Phi) is 7.39. The number of thiophene rings is 1. The van der Waals surface area contributed by atoms with Gasteiger partial charge in [0.1, 0.15) is 5.75 Å². The van der Waals surface area contributed by atoms with Crippen molar-refractivity contribution in [2.45, 2.75) is 84.1 Å². The van der Waals surface area contributed by atoms with E-state index in [4.69, 9.17) is 18.8 Å². The molecule has 4 fully saturated rings. The number of nitrogens with one attached hydrogen (secondary N) is 1. The number of carbonyl (C=O) groups is 2. The predicted molar refractivity (Wildman–Crippen MR) is 147 cm³/mol. The minimum atomic E-state index is -0.608. The van der Waals surface area contributed by atoms with E-state index in [1.54, 1.807) is 36.6 Å². The van der Waals surface area contributed by atoms with E-state index in [2.05, 4.69) is 26.1 Å². The van der Waals surface area contributed by atoms with Crippen molar-refractivity contribution in [3.8, 4) is 5.75 Å². The molecule has 1 aromatic carbocycles. The molecule has 3 saturated carbocycles. The van der Waals surface area contributed by atoms with Gasteiger partial charge in [0, 0.05) is 4.88 Å². The first-order valence-electron chi connectivity index (χ1n) is 13.5. The lowest BCUT2D eigenvalue weighted by Crippen LogP contribution is -2.65. The van der Waals surface area contributed by atoms with Crippen molar-refractivity contribution in [3.05, 3.63) is 51.7 Å². The number of ether oxygens (including phenoxy) is 2. The van der Waals surface area contributed by atoms with Crippen LogP contribution >= 0.6 is 11.3 Å². The molecule has 2 heterocycles. The Morgan fingerprint density at radius 3 is 2.66 bits per heavy atom. The summed E-state index contributed by atoms with van der Waals surface area (Å²) < 4.78 is 24.4. The van der Waals surface area contributed by atoms with Gasteiger partial charge in [-0.05, 0) is 92.5 Å². The largest absolute Gasteiger partial charge is 0.496 e. The topological polar surface area (TPSA) is 83.1 Å². The van der Waals surface area contributed by atoms with E-state index in [9.17, 15) is 9.59 Å².